The van der Waals surface area contributed by atoms with Gasteiger partial charge in [-0.1, -0.05) is 0 Å². The predicted molar refractivity (Wildman–Crippen MR) is 67.8 cm³/mol. The minimum Gasteiger partial charge on any atom is -0.399 e. The van der Waals surface area contributed by atoms with Crippen LogP contribution in [0.3, 0.4) is 0 Å². The van der Waals surface area contributed by atoms with Crippen molar-refractivity contribution in [3.05, 3.63) is 23.8 Å². The highest BCUT2D eigenvalue weighted by molar-refractivity contribution is 5.92. The van der Waals surface area contributed by atoms with Gasteiger partial charge in [0.1, 0.15) is 6.61 Å². The Hall–Kier alpha value is -1.55. The van der Waals surface area contributed by atoms with Crippen LogP contribution in [0.5, 0.6) is 0 Å². The first-order valence-electron chi connectivity index (χ1n) is 5.93. The quantitative estimate of drug-likeness (QED) is 0.784. The topological polar surface area (TPSA) is 64.3 Å². The number of hydrogen-bond acceptors (Lipinski definition) is 3. The van der Waals surface area contributed by atoms with Crippen molar-refractivity contribution in [3.8, 4) is 0 Å². The highest BCUT2D eigenvalue weighted by Gasteiger charge is 2.19. The molecule has 0 aliphatic heterocycles. The fraction of sp³-hybridized carbons (Fsp3) is 0.462. The average Bonchev–Trinajstić information content (AvgIpc) is 2.20. The predicted octanol–water partition coefficient (Wildman–Crippen LogP) is 2.08. The standard InChI is InChI=1S/C13H18N2O2/c1-9-7-10(14)5-6-12(9)15-13(16)8-17-11-3-2-4-11/h5-7,11H,2-4,8,14H2,1H3,(H,15,16). The van der Waals surface area contributed by atoms with E-state index in [2.05, 4.69) is 5.32 Å². The summed E-state index contributed by atoms with van der Waals surface area (Å²) < 4.78 is 5.44. The third-order valence-electron chi connectivity index (χ3n) is 3.03. The monoisotopic (exact) mass is 234 g/mol. The second-order valence-corrected chi connectivity index (χ2v) is 4.49. The molecular formula is C13H18N2O2. The van der Waals surface area contributed by atoms with Crippen molar-refractivity contribution in [1.29, 1.82) is 0 Å². The molecule has 1 aromatic rings. The zero-order valence-corrected chi connectivity index (χ0v) is 10.0. The number of hydrogen-bond donors (Lipinski definition) is 2. The number of aryl methyl sites for hydroxylation is 1. The summed E-state index contributed by atoms with van der Waals surface area (Å²) in [5.74, 6) is -0.107. The summed E-state index contributed by atoms with van der Waals surface area (Å²) >= 11 is 0. The van der Waals surface area contributed by atoms with Crippen molar-refractivity contribution < 1.29 is 9.53 Å². The molecule has 4 nitrogen and oxygen atoms in total. The lowest BCUT2D eigenvalue weighted by molar-refractivity contribution is -0.124. The van der Waals surface area contributed by atoms with E-state index in [-0.39, 0.29) is 18.6 Å². The Morgan fingerprint density at radius 3 is 2.88 bits per heavy atom. The summed E-state index contributed by atoms with van der Waals surface area (Å²) in [6.45, 7) is 2.05. The van der Waals surface area contributed by atoms with Crippen molar-refractivity contribution in [2.45, 2.75) is 32.3 Å². The Bertz CT molecular complexity index is 414. The lowest BCUT2D eigenvalue weighted by Gasteiger charge is -2.25. The van der Waals surface area contributed by atoms with Crippen LogP contribution in [0.15, 0.2) is 18.2 Å². The van der Waals surface area contributed by atoms with Crippen LogP contribution in [0.4, 0.5) is 11.4 Å². The average molecular weight is 234 g/mol. The van der Waals surface area contributed by atoms with Crippen LogP contribution >= 0.6 is 0 Å². The van der Waals surface area contributed by atoms with Crippen molar-refractivity contribution in [2.24, 2.45) is 0 Å². The van der Waals surface area contributed by atoms with Gasteiger partial charge in [-0.2, -0.15) is 0 Å². The number of carbonyl (C=O) groups is 1. The molecule has 1 fully saturated rings. The van der Waals surface area contributed by atoms with Gasteiger partial charge in [0.2, 0.25) is 5.91 Å². The highest BCUT2D eigenvalue weighted by atomic mass is 16.5. The molecule has 0 saturated heterocycles. The first-order valence-corrected chi connectivity index (χ1v) is 5.93. The molecule has 0 unspecified atom stereocenters. The molecule has 4 heteroatoms. The molecule has 0 radical (unpaired) electrons. The minimum absolute atomic E-state index is 0.107. The summed E-state index contributed by atoms with van der Waals surface area (Å²) in [6, 6.07) is 5.42. The number of anilines is 2. The van der Waals surface area contributed by atoms with E-state index in [1.165, 1.54) is 6.42 Å². The van der Waals surface area contributed by atoms with Gasteiger partial charge < -0.3 is 15.8 Å². The van der Waals surface area contributed by atoms with Gasteiger partial charge in [0, 0.05) is 11.4 Å². The van der Waals surface area contributed by atoms with Crippen LogP contribution in [-0.4, -0.2) is 18.6 Å². The van der Waals surface area contributed by atoms with Gasteiger partial charge in [-0.05, 0) is 49.9 Å². The molecule has 0 atom stereocenters. The van der Waals surface area contributed by atoms with Crippen molar-refractivity contribution in [1.82, 2.24) is 0 Å². The molecule has 92 valence electrons. The molecule has 17 heavy (non-hydrogen) atoms. The van der Waals surface area contributed by atoms with Gasteiger partial charge in [0.05, 0.1) is 6.10 Å². The smallest absolute Gasteiger partial charge is 0.250 e. The number of rotatable bonds is 4. The number of nitrogen functional groups attached to an aromatic ring is 1. The van der Waals surface area contributed by atoms with Crippen LogP contribution in [0.25, 0.3) is 0 Å². The van der Waals surface area contributed by atoms with E-state index >= 15 is 0 Å². The largest absolute Gasteiger partial charge is 0.399 e. The lowest BCUT2D eigenvalue weighted by Crippen LogP contribution is -2.27. The van der Waals surface area contributed by atoms with Gasteiger partial charge in [-0.25, -0.2) is 0 Å². The van der Waals surface area contributed by atoms with Crippen molar-refractivity contribution in [3.63, 3.8) is 0 Å². The third kappa shape index (κ3) is 3.20. The fourth-order valence-corrected chi connectivity index (χ4v) is 1.74. The number of amides is 1. The number of benzene rings is 1. The Kier molecular flexibility index (Phi) is 3.64. The number of ether oxygens (including phenoxy) is 1. The normalized spacial score (nSPS) is 15.4. The van der Waals surface area contributed by atoms with Gasteiger partial charge >= 0.3 is 0 Å². The molecular weight excluding hydrogens is 216 g/mol. The summed E-state index contributed by atoms with van der Waals surface area (Å²) in [7, 11) is 0. The second kappa shape index (κ2) is 5.19. The molecule has 0 spiro atoms. The Morgan fingerprint density at radius 2 is 2.29 bits per heavy atom. The maximum atomic E-state index is 11.6. The van der Waals surface area contributed by atoms with Gasteiger partial charge in [-0.3, -0.25) is 4.79 Å². The molecule has 3 N–H and O–H groups in total. The van der Waals surface area contributed by atoms with E-state index in [1.807, 2.05) is 19.1 Å². The summed E-state index contributed by atoms with van der Waals surface area (Å²) in [5.41, 5.74) is 8.10. The van der Waals surface area contributed by atoms with Crippen LogP contribution < -0.4 is 11.1 Å². The molecule has 0 aromatic heterocycles. The molecule has 0 heterocycles. The lowest BCUT2D eigenvalue weighted by atomic mass is 9.96. The van der Waals surface area contributed by atoms with Crippen LogP contribution in [0.2, 0.25) is 0 Å². The van der Waals surface area contributed by atoms with E-state index < -0.39 is 0 Å². The Balaban J connectivity index is 1.84. The molecule has 2 rings (SSSR count). The first-order chi connectivity index (χ1) is 8.15. The van der Waals surface area contributed by atoms with Gasteiger partial charge in [0.15, 0.2) is 0 Å². The van der Waals surface area contributed by atoms with E-state index in [9.17, 15) is 4.79 Å². The Morgan fingerprint density at radius 1 is 1.53 bits per heavy atom. The number of carbonyl (C=O) groups excluding carboxylic acids is 1. The van der Waals surface area contributed by atoms with Crippen LogP contribution in [0.1, 0.15) is 24.8 Å². The number of nitrogens with one attached hydrogen (secondary N) is 1. The van der Waals surface area contributed by atoms with Crippen molar-refractivity contribution >= 4 is 17.3 Å². The zero-order chi connectivity index (χ0) is 12.3. The SMILES string of the molecule is Cc1cc(N)ccc1NC(=O)COC1CCC1. The van der Waals surface area contributed by atoms with Gasteiger partial charge in [0.25, 0.3) is 0 Å². The molecule has 1 amide bonds. The van der Waals surface area contributed by atoms with Gasteiger partial charge in [-0.15, -0.1) is 0 Å². The summed E-state index contributed by atoms with van der Waals surface area (Å²) in [4.78, 5) is 11.6. The second-order valence-electron chi connectivity index (χ2n) is 4.49. The van der Waals surface area contributed by atoms with E-state index in [1.54, 1.807) is 6.07 Å². The van der Waals surface area contributed by atoms with E-state index in [4.69, 9.17) is 10.5 Å². The molecule has 0 bridgehead atoms. The summed E-state index contributed by atoms with van der Waals surface area (Å²) in [6.07, 6.45) is 3.65. The molecule has 1 aliphatic carbocycles. The molecule has 1 saturated carbocycles. The zero-order valence-electron chi connectivity index (χ0n) is 10.0. The fourth-order valence-electron chi connectivity index (χ4n) is 1.74. The summed E-state index contributed by atoms with van der Waals surface area (Å²) in [5, 5.41) is 2.82. The van der Waals surface area contributed by atoms with Crippen LogP contribution in [0, 0.1) is 6.92 Å². The maximum Gasteiger partial charge on any atom is 0.250 e. The third-order valence-corrected chi connectivity index (χ3v) is 3.03. The van der Waals surface area contributed by atoms with E-state index in [0.717, 1.165) is 24.1 Å². The minimum atomic E-state index is -0.107. The Labute approximate surface area is 101 Å². The van der Waals surface area contributed by atoms with Crippen molar-refractivity contribution in [2.75, 3.05) is 17.7 Å². The molecule has 1 aromatic carbocycles. The first kappa shape index (κ1) is 11.9. The van der Waals surface area contributed by atoms with E-state index in [0.29, 0.717) is 5.69 Å². The highest BCUT2D eigenvalue weighted by Crippen LogP contribution is 2.22. The number of nitrogens with two attached hydrogens (primary N) is 1. The molecule has 1 aliphatic rings. The van der Waals surface area contributed by atoms with Crippen LogP contribution in [-0.2, 0) is 9.53 Å². The maximum absolute atomic E-state index is 11.6.